The molecule has 0 unspecified atom stereocenters. The van der Waals surface area contributed by atoms with Crippen molar-refractivity contribution < 1.29 is 9.23 Å². The van der Waals surface area contributed by atoms with E-state index in [1.807, 2.05) is 26.8 Å². The molecule has 0 amide bonds. The summed E-state index contributed by atoms with van der Waals surface area (Å²) in [6, 6.07) is 5.00. The first-order valence-electron chi connectivity index (χ1n) is 4.73. The van der Waals surface area contributed by atoms with Crippen LogP contribution in [0.1, 0.15) is 26.3 Å². The first-order chi connectivity index (χ1) is 6.88. The molecular formula is C11H15BrFNO. The molecule has 0 saturated carbocycles. The Morgan fingerprint density at radius 3 is 2.60 bits per heavy atom. The van der Waals surface area contributed by atoms with Crippen LogP contribution in [-0.4, -0.2) is 5.60 Å². The zero-order valence-electron chi connectivity index (χ0n) is 9.10. The lowest BCUT2D eigenvalue weighted by Gasteiger charge is -2.19. The van der Waals surface area contributed by atoms with Gasteiger partial charge in [0.05, 0.1) is 10.1 Å². The van der Waals surface area contributed by atoms with Gasteiger partial charge < -0.3 is 0 Å². The predicted octanol–water partition coefficient (Wildman–Crippen LogP) is 3.41. The molecule has 1 N–H and O–H groups in total. The maximum absolute atomic E-state index is 13.1. The molecule has 15 heavy (non-hydrogen) atoms. The van der Waals surface area contributed by atoms with Crippen molar-refractivity contribution >= 4 is 15.9 Å². The molecule has 0 aromatic heterocycles. The summed E-state index contributed by atoms with van der Waals surface area (Å²) >= 11 is 3.10. The van der Waals surface area contributed by atoms with Crippen LogP contribution >= 0.6 is 15.9 Å². The molecule has 0 fully saturated rings. The van der Waals surface area contributed by atoms with Crippen molar-refractivity contribution in [3.63, 3.8) is 0 Å². The molecule has 0 heterocycles. The van der Waals surface area contributed by atoms with Crippen molar-refractivity contribution in [2.45, 2.75) is 32.9 Å². The minimum Gasteiger partial charge on any atom is -0.296 e. The van der Waals surface area contributed by atoms with Gasteiger partial charge in [0.1, 0.15) is 5.82 Å². The molecule has 0 aliphatic rings. The van der Waals surface area contributed by atoms with Crippen molar-refractivity contribution in [2.24, 2.45) is 0 Å². The van der Waals surface area contributed by atoms with Crippen LogP contribution in [-0.2, 0) is 11.4 Å². The van der Waals surface area contributed by atoms with Crippen LogP contribution in [0, 0.1) is 5.82 Å². The fraction of sp³-hybridized carbons (Fsp3) is 0.455. The average molecular weight is 276 g/mol. The van der Waals surface area contributed by atoms with Crippen molar-refractivity contribution in [3.05, 3.63) is 34.1 Å². The third-order valence-electron chi connectivity index (χ3n) is 1.64. The molecule has 84 valence electrons. The van der Waals surface area contributed by atoms with Gasteiger partial charge in [0, 0.05) is 6.54 Å². The first kappa shape index (κ1) is 12.6. The molecule has 4 heteroatoms. The van der Waals surface area contributed by atoms with Gasteiger partial charge in [-0.1, -0.05) is 6.07 Å². The van der Waals surface area contributed by atoms with Gasteiger partial charge in [-0.3, -0.25) is 4.84 Å². The maximum Gasteiger partial charge on any atom is 0.137 e. The quantitative estimate of drug-likeness (QED) is 0.854. The molecule has 0 aliphatic heterocycles. The lowest BCUT2D eigenvalue weighted by molar-refractivity contribution is -0.0757. The van der Waals surface area contributed by atoms with Gasteiger partial charge in [-0.15, -0.1) is 0 Å². The third kappa shape index (κ3) is 4.73. The summed E-state index contributed by atoms with van der Waals surface area (Å²) in [5.41, 5.74) is 3.41. The van der Waals surface area contributed by atoms with Crippen LogP contribution in [0.4, 0.5) is 4.39 Å². The number of rotatable bonds is 3. The summed E-state index contributed by atoms with van der Waals surface area (Å²) < 4.78 is 13.6. The minimum absolute atomic E-state index is 0.242. The smallest absolute Gasteiger partial charge is 0.137 e. The standard InChI is InChI=1S/C11H15BrFNO/c1-11(2,3)15-14-7-8-4-5-9(12)10(13)6-8/h4-6,14H,7H2,1-3H3. The summed E-state index contributed by atoms with van der Waals surface area (Å²) in [5, 5.41) is 0. The summed E-state index contributed by atoms with van der Waals surface area (Å²) in [6.45, 7) is 6.33. The molecule has 0 radical (unpaired) electrons. The minimum atomic E-state index is -0.259. The monoisotopic (exact) mass is 275 g/mol. The Balaban J connectivity index is 2.48. The summed E-state index contributed by atoms with van der Waals surface area (Å²) in [6.07, 6.45) is 0. The van der Waals surface area contributed by atoms with E-state index >= 15 is 0 Å². The van der Waals surface area contributed by atoms with E-state index in [2.05, 4.69) is 21.4 Å². The van der Waals surface area contributed by atoms with Gasteiger partial charge in [0.2, 0.25) is 0 Å². The molecule has 0 spiro atoms. The van der Waals surface area contributed by atoms with Crippen LogP contribution in [0.5, 0.6) is 0 Å². The van der Waals surface area contributed by atoms with Crippen molar-refractivity contribution in [2.75, 3.05) is 0 Å². The van der Waals surface area contributed by atoms with E-state index in [0.29, 0.717) is 11.0 Å². The van der Waals surface area contributed by atoms with Crippen LogP contribution in [0.25, 0.3) is 0 Å². The second-order valence-corrected chi connectivity index (χ2v) is 5.14. The van der Waals surface area contributed by atoms with Gasteiger partial charge in [0.15, 0.2) is 0 Å². The van der Waals surface area contributed by atoms with Crippen LogP contribution in [0.2, 0.25) is 0 Å². The number of hydroxylamine groups is 1. The molecule has 0 atom stereocenters. The second kappa shape index (κ2) is 5.05. The Bertz CT molecular complexity index is 336. The van der Waals surface area contributed by atoms with Crippen molar-refractivity contribution in [3.8, 4) is 0 Å². The Hall–Kier alpha value is -0.450. The largest absolute Gasteiger partial charge is 0.296 e. The highest BCUT2D eigenvalue weighted by Gasteiger charge is 2.09. The SMILES string of the molecule is CC(C)(C)ONCc1ccc(Br)c(F)c1. The van der Waals surface area contributed by atoms with E-state index in [4.69, 9.17) is 4.84 Å². The predicted molar refractivity (Wildman–Crippen MR) is 61.8 cm³/mol. The molecule has 2 nitrogen and oxygen atoms in total. The molecule has 0 aliphatic carbocycles. The second-order valence-electron chi connectivity index (χ2n) is 4.28. The Labute approximate surface area is 97.9 Å². The zero-order chi connectivity index (χ0) is 11.5. The van der Waals surface area contributed by atoms with E-state index in [0.717, 1.165) is 5.56 Å². The highest BCUT2D eigenvalue weighted by molar-refractivity contribution is 9.10. The van der Waals surface area contributed by atoms with Crippen molar-refractivity contribution in [1.82, 2.24) is 5.48 Å². The average Bonchev–Trinajstić information content (AvgIpc) is 2.09. The molecule has 0 bridgehead atoms. The van der Waals surface area contributed by atoms with Crippen LogP contribution in [0.3, 0.4) is 0 Å². The maximum atomic E-state index is 13.1. The third-order valence-corrected chi connectivity index (χ3v) is 2.28. The highest BCUT2D eigenvalue weighted by Crippen LogP contribution is 2.16. The van der Waals surface area contributed by atoms with Crippen LogP contribution < -0.4 is 5.48 Å². The molecular weight excluding hydrogens is 261 g/mol. The summed E-state index contributed by atoms with van der Waals surface area (Å²) in [5.74, 6) is -0.259. The first-order valence-corrected chi connectivity index (χ1v) is 5.52. The fourth-order valence-corrected chi connectivity index (χ4v) is 1.23. The summed E-state index contributed by atoms with van der Waals surface area (Å²) in [4.78, 5) is 5.32. The Kier molecular flexibility index (Phi) is 4.25. The van der Waals surface area contributed by atoms with Crippen molar-refractivity contribution in [1.29, 1.82) is 0 Å². The molecule has 1 aromatic carbocycles. The van der Waals surface area contributed by atoms with E-state index in [1.54, 1.807) is 6.07 Å². The van der Waals surface area contributed by atoms with Crippen LogP contribution in [0.15, 0.2) is 22.7 Å². The van der Waals surface area contributed by atoms with Gasteiger partial charge in [-0.05, 0) is 54.4 Å². The zero-order valence-corrected chi connectivity index (χ0v) is 10.7. The number of halogens is 2. The number of hydrogen-bond acceptors (Lipinski definition) is 2. The number of hydrogen-bond donors (Lipinski definition) is 1. The topological polar surface area (TPSA) is 21.3 Å². The van der Waals surface area contributed by atoms with E-state index < -0.39 is 0 Å². The number of benzene rings is 1. The Morgan fingerprint density at radius 2 is 2.07 bits per heavy atom. The van der Waals surface area contributed by atoms with Gasteiger partial charge in [0.25, 0.3) is 0 Å². The van der Waals surface area contributed by atoms with Gasteiger partial charge in [-0.25, -0.2) is 4.39 Å². The summed E-state index contributed by atoms with van der Waals surface area (Å²) in [7, 11) is 0. The van der Waals surface area contributed by atoms with E-state index in [-0.39, 0.29) is 11.4 Å². The Morgan fingerprint density at radius 1 is 1.40 bits per heavy atom. The number of nitrogens with one attached hydrogen (secondary N) is 1. The highest BCUT2D eigenvalue weighted by atomic mass is 79.9. The van der Waals surface area contributed by atoms with Gasteiger partial charge in [-0.2, -0.15) is 5.48 Å². The van der Waals surface area contributed by atoms with Gasteiger partial charge >= 0.3 is 0 Å². The van der Waals surface area contributed by atoms with E-state index in [9.17, 15) is 4.39 Å². The lowest BCUT2D eigenvalue weighted by atomic mass is 10.2. The van der Waals surface area contributed by atoms with E-state index in [1.165, 1.54) is 6.07 Å². The molecule has 0 saturated heterocycles. The lowest BCUT2D eigenvalue weighted by Crippen LogP contribution is -2.28. The normalized spacial score (nSPS) is 11.8. The fourth-order valence-electron chi connectivity index (χ4n) is 0.986. The molecule has 1 rings (SSSR count). The molecule has 1 aromatic rings.